The Balaban J connectivity index is 0. The fourth-order valence-corrected chi connectivity index (χ4v) is 1.33. The molecule has 1 atom stereocenters. The summed E-state index contributed by atoms with van der Waals surface area (Å²) in [7, 11) is -2.99. The Morgan fingerprint density at radius 1 is 1.41 bits per heavy atom. The van der Waals surface area contributed by atoms with Crippen molar-refractivity contribution in [3.8, 4) is 0 Å². The van der Waals surface area contributed by atoms with E-state index in [9.17, 15) is 17.8 Å². The predicted molar refractivity (Wildman–Crippen MR) is 55.8 cm³/mol. The third kappa shape index (κ3) is 8.12. The van der Waals surface area contributed by atoms with Gasteiger partial charge in [0.15, 0.2) is 0 Å². The van der Waals surface area contributed by atoms with Gasteiger partial charge in [-0.15, -0.1) is 0 Å². The smallest absolute Gasteiger partial charge is 0.748 e. The maximum absolute atomic E-state index is 11.4. The minimum Gasteiger partial charge on any atom is -0.748 e. The van der Waals surface area contributed by atoms with Crippen molar-refractivity contribution >= 4 is 16.1 Å². The van der Waals surface area contributed by atoms with Gasteiger partial charge in [0.2, 0.25) is 0 Å². The van der Waals surface area contributed by atoms with E-state index in [1.54, 1.807) is 13.8 Å². The van der Waals surface area contributed by atoms with Crippen LogP contribution in [-0.2, 0) is 24.4 Å². The summed E-state index contributed by atoms with van der Waals surface area (Å²) in [6.07, 6.45) is 0.504. The number of carbonyl (C=O) groups excluding carboxylic acids is 1. The Morgan fingerprint density at radius 2 is 1.94 bits per heavy atom. The normalized spacial score (nSPS) is 14.6. The summed E-state index contributed by atoms with van der Waals surface area (Å²) in [4.78, 5) is 11.4. The van der Waals surface area contributed by atoms with Gasteiger partial charge in [-0.05, 0) is 13.3 Å². The summed E-state index contributed by atoms with van der Waals surface area (Å²) < 4.78 is 40.5. The van der Waals surface area contributed by atoms with Crippen molar-refractivity contribution in [1.29, 1.82) is 0 Å². The molecule has 0 amide bonds. The van der Waals surface area contributed by atoms with Crippen LogP contribution in [0, 0.1) is 5.41 Å². The van der Waals surface area contributed by atoms with Crippen molar-refractivity contribution in [3.05, 3.63) is 0 Å². The molecule has 0 aromatic rings. The van der Waals surface area contributed by atoms with E-state index >= 15 is 0 Å². The van der Waals surface area contributed by atoms with E-state index in [0.717, 1.165) is 0 Å². The van der Waals surface area contributed by atoms with Crippen molar-refractivity contribution in [1.82, 2.24) is 0 Å². The molecule has 17 heavy (non-hydrogen) atoms. The van der Waals surface area contributed by atoms with Gasteiger partial charge in [0.05, 0.1) is 41.6 Å². The topological polar surface area (TPSA) is 92.7 Å². The van der Waals surface area contributed by atoms with Crippen LogP contribution in [0.2, 0.25) is 0 Å². The Labute approximate surface area is 124 Å². The average molecular weight is 276 g/mol. The molecule has 0 aromatic heterocycles. The average Bonchev–Trinajstić information content (AvgIpc) is 2.21. The van der Waals surface area contributed by atoms with Crippen LogP contribution in [0.3, 0.4) is 0 Å². The second-order valence-electron chi connectivity index (χ2n) is 3.72. The van der Waals surface area contributed by atoms with Crippen LogP contribution in [-0.4, -0.2) is 45.0 Å². The van der Waals surface area contributed by atoms with Gasteiger partial charge in [0.25, 0.3) is 0 Å². The largest absolute Gasteiger partial charge is 1.00 e. The first-order valence-electron chi connectivity index (χ1n) is 4.85. The number of hydrogen-bond donors (Lipinski definition) is 0. The molecule has 0 bridgehead atoms. The first kappa shape index (κ1) is 19.7. The fourth-order valence-electron chi connectivity index (χ4n) is 1.01. The van der Waals surface area contributed by atoms with Crippen LogP contribution < -0.4 is 29.6 Å². The number of carbonyl (C=O) groups is 1. The number of ether oxygens (including phenoxy) is 2. The van der Waals surface area contributed by atoms with Crippen LogP contribution in [0.25, 0.3) is 0 Å². The first-order valence-corrected chi connectivity index (χ1v) is 6.42. The van der Waals surface area contributed by atoms with Crippen molar-refractivity contribution in [2.75, 3.05) is 26.1 Å². The van der Waals surface area contributed by atoms with E-state index in [0.29, 0.717) is 6.42 Å². The summed E-state index contributed by atoms with van der Waals surface area (Å²) in [5, 5.41) is 0. The van der Waals surface area contributed by atoms with E-state index < -0.39 is 27.3 Å². The van der Waals surface area contributed by atoms with Gasteiger partial charge in [-0.3, -0.25) is 4.79 Å². The number of esters is 1. The molecule has 0 N–H and O–H groups in total. The first-order chi connectivity index (χ1) is 7.25. The van der Waals surface area contributed by atoms with Crippen LogP contribution in [0.15, 0.2) is 0 Å². The molecular formula is C9H17NaO6S. The Kier molecular flexibility index (Phi) is 9.77. The Bertz CT molecular complexity index is 328. The van der Waals surface area contributed by atoms with E-state index in [2.05, 4.69) is 4.74 Å². The molecule has 0 saturated heterocycles. The quantitative estimate of drug-likeness (QED) is 0.215. The molecule has 0 radical (unpaired) electrons. The Morgan fingerprint density at radius 3 is 2.29 bits per heavy atom. The molecule has 0 heterocycles. The number of methoxy groups -OCH3 is 1. The van der Waals surface area contributed by atoms with Gasteiger partial charge in [-0.25, -0.2) is 8.42 Å². The molecule has 0 saturated carbocycles. The van der Waals surface area contributed by atoms with Crippen LogP contribution in [0.1, 0.15) is 20.3 Å². The van der Waals surface area contributed by atoms with Crippen molar-refractivity contribution in [3.63, 3.8) is 0 Å². The van der Waals surface area contributed by atoms with E-state index in [4.69, 9.17) is 4.74 Å². The molecule has 0 aliphatic carbocycles. The van der Waals surface area contributed by atoms with Gasteiger partial charge in [-0.1, -0.05) is 6.92 Å². The van der Waals surface area contributed by atoms with Crippen LogP contribution >= 0.6 is 0 Å². The van der Waals surface area contributed by atoms with Crippen molar-refractivity contribution < 1.29 is 56.8 Å². The molecule has 96 valence electrons. The Hall–Kier alpha value is 0.340. The number of rotatable bonds is 7. The molecular weight excluding hydrogens is 259 g/mol. The SMILES string of the molecule is CCC(C)(COCCS(=O)(=O)[O-])C(=O)OC.[Na+]. The molecule has 0 fully saturated rings. The summed E-state index contributed by atoms with van der Waals surface area (Å²) >= 11 is 0. The maximum atomic E-state index is 11.4. The molecule has 0 aliphatic heterocycles. The monoisotopic (exact) mass is 276 g/mol. The zero-order valence-corrected chi connectivity index (χ0v) is 13.5. The predicted octanol–water partition coefficient (Wildman–Crippen LogP) is -2.86. The molecule has 0 spiro atoms. The molecule has 6 nitrogen and oxygen atoms in total. The van der Waals surface area contributed by atoms with Gasteiger partial charge in [-0.2, -0.15) is 0 Å². The standard InChI is InChI=1S/C9H18O6S.Na/c1-4-9(2,8(10)14-3)7-15-5-6-16(11,12)13;/h4-7H2,1-3H3,(H,11,12,13);/q;+1/p-1. The van der Waals surface area contributed by atoms with Gasteiger partial charge >= 0.3 is 35.5 Å². The van der Waals surface area contributed by atoms with E-state index in [-0.39, 0.29) is 42.8 Å². The van der Waals surface area contributed by atoms with Gasteiger partial charge < -0.3 is 14.0 Å². The third-order valence-corrected chi connectivity index (χ3v) is 3.02. The maximum Gasteiger partial charge on any atom is 1.00 e. The van der Waals surface area contributed by atoms with E-state index in [1.807, 2.05) is 0 Å². The van der Waals surface area contributed by atoms with Crippen molar-refractivity contribution in [2.24, 2.45) is 5.41 Å². The zero-order chi connectivity index (χ0) is 12.8. The molecule has 0 aromatic carbocycles. The molecule has 1 unspecified atom stereocenters. The van der Waals surface area contributed by atoms with Crippen LogP contribution in [0.4, 0.5) is 0 Å². The van der Waals surface area contributed by atoms with Crippen LogP contribution in [0.5, 0.6) is 0 Å². The molecule has 0 rings (SSSR count). The minimum atomic E-state index is -4.27. The van der Waals surface area contributed by atoms with Gasteiger partial charge in [0.1, 0.15) is 0 Å². The molecule has 8 heteroatoms. The number of hydrogen-bond acceptors (Lipinski definition) is 6. The summed E-state index contributed by atoms with van der Waals surface area (Å²) in [6, 6.07) is 0. The zero-order valence-electron chi connectivity index (χ0n) is 10.7. The van der Waals surface area contributed by atoms with E-state index in [1.165, 1.54) is 7.11 Å². The van der Waals surface area contributed by atoms with Gasteiger partial charge in [0, 0.05) is 0 Å². The second-order valence-corrected chi connectivity index (χ2v) is 5.24. The summed E-state index contributed by atoms with van der Waals surface area (Å²) in [5.74, 6) is -1.01. The summed E-state index contributed by atoms with van der Waals surface area (Å²) in [6.45, 7) is 3.28. The van der Waals surface area contributed by atoms with Crippen molar-refractivity contribution in [2.45, 2.75) is 20.3 Å². The second kappa shape index (κ2) is 8.44. The minimum absolute atomic E-state index is 0. The summed E-state index contributed by atoms with van der Waals surface area (Å²) in [5.41, 5.74) is -0.804. The third-order valence-electron chi connectivity index (χ3n) is 2.36. The molecule has 0 aliphatic rings. The fraction of sp³-hybridized carbons (Fsp3) is 0.889.